The summed E-state index contributed by atoms with van der Waals surface area (Å²) in [4.78, 5) is 0.334. The van der Waals surface area contributed by atoms with Crippen molar-refractivity contribution in [3.8, 4) is 11.5 Å². The van der Waals surface area contributed by atoms with Crippen molar-refractivity contribution >= 4 is 15.9 Å². The minimum Gasteiger partial charge on any atom is -0.493 e. The van der Waals surface area contributed by atoms with E-state index in [-0.39, 0.29) is 12.2 Å². The average molecular weight is 345 g/mol. The molecule has 0 bridgehead atoms. The Balaban J connectivity index is 1.95. The van der Waals surface area contributed by atoms with Crippen LogP contribution in [0, 0.1) is 6.92 Å². The average Bonchev–Trinajstić information content (AvgIpc) is 2.44. The molecule has 3 unspecified atom stereocenters. The molecule has 1 saturated carbocycles. The Bertz CT molecular complexity index is 438. The van der Waals surface area contributed by atoms with E-state index in [0.717, 1.165) is 23.5 Å². The Morgan fingerprint density at radius 1 is 1.20 bits per heavy atom. The van der Waals surface area contributed by atoms with E-state index in [1.54, 1.807) is 14.2 Å². The Labute approximate surface area is 128 Å². The second kappa shape index (κ2) is 7.29. The molecule has 0 N–H and O–H groups in total. The van der Waals surface area contributed by atoms with Gasteiger partial charge in [0.05, 0.1) is 20.3 Å². The lowest BCUT2D eigenvalue weighted by Crippen LogP contribution is -2.52. The molecule has 0 spiro atoms. The van der Waals surface area contributed by atoms with Crippen LogP contribution in [0.4, 0.5) is 0 Å². The van der Waals surface area contributed by atoms with Gasteiger partial charge in [-0.1, -0.05) is 22.0 Å². The number of benzene rings is 1. The van der Waals surface area contributed by atoms with E-state index in [1.807, 2.05) is 25.1 Å². The van der Waals surface area contributed by atoms with Crippen LogP contribution in [-0.4, -0.2) is 44.5 Å². The first-order valence-electron chi connectivity index (χ1n) is 6.71. The van der Waals surface area contributed by atoms with E-state index in [4.69, 9.17) is 18.9 Å². The lowest BCUT2D eigenvalue weighted by atomic mass is 9.91. The number of rotatable bonds is 7. The van der Waals surface area contributed by atoms with Crippen molar-refractivity contribution in [3.05, 3.63) is 23.8 Å². The van der Waals surface area contributed by atoms with Crippen LogP contribution in [0.2, 0.25) is 0 Å². The number of aryl methyl sites for hydroxylation is 1. The van der Waals surface area contributed by atoms with Gasteiger partial charge in [-0.3, -0.25) is 0 Å². The number of methoxy groups -OCH3 is 2. The SMILES string of the molecule is COCCOC1C(Br)CC1Oc1ccc(C)cc1OC. The van der Waals surface area contributed by atoms with E-state index in [0.29, 0.717) is 18.0 Å². The Morgan fingerprint density at radius 3 is 2.65 bits per heavy atom. The molecule has 1 aliphatic carbocycles. The fourth-order valence-corrected chi connectivity index (χ4v) is 3.02. The molecular weight excluding hydrogens is 324 g/mol. The lowest BCUT2D eigenvalue weighted by Gasteiger charge is -2.41. The van der Waals surface area contributed by atoms with Gasteiger partial charge in [-0.05, 0) is 24.6 Å². The zero-order valence-electron chi connectivity index (χ0n) is 12.1. The molecular formula is C15H21BrO4. The van der Waals surface area contributed by atoms with Crippen LogP contribution in [0.25, 0.3) is 0 Å². The third kappa shape index (κ3) is 3.65. The smallest absolute Gasteiger partial charge is 0.161 e. The highest BCUT2D eigenvalue weighted by atomic mass is 79.9. The fourth-order valence-electron chi connectivity index (χ4n) is 2.16. The van der Waals surface area contributed by atoms with Gasteiger partial charge in [-0.2, -0.15) is 0 Å². The molecule has 112 valence electrons. The highest BCUT2D eigenvalue weighted by Crippen LogP contribution is 2.37. The molecule has 4 nitrogen and oxygen atoms in total. The van der Waals surface area contributed by atoms with Gasteiger partial charge in [-0.25, -0.2) is 0 Å². The molecule has 3 atom stereocenters. The molecule has 0 radical (unpaired) electrons. The number of hydrogen-bond acceptors (Lipinski definition) is 4. The monoisotopic (exact) mass is 344 g/mol. The number of ether oxygens (including phenoxy) is 4. The minimum absolute atomic E-state index is 0.0489. The molecule has 1 fully saturated rings. The van der Waals surface area contributed by atoms with Gasteiger partial charge < -0.3 is 18.9 Å². The van der Waals surface area contributed by atoms with Crippen molar-refractivity contribution in [1.29, 1.82) is 0 Å². The van der Waals surface area contributed by atoms with Gasteiger partial charge in [0.1, 0.15) is 12.2 Å². The van der Waals surface area contributed by atoms with Crippen molar-refractivity contribution in [2.24, 2.45) is 0 Å². The summed E-state index contributed by atoms with van der Waals surface area (Å²) in [6.07, 6.45) is 1.03. The highest BCUT2D eigenvalue weighted by Gasteiger charge is 2.42. The van der Waals surface area contributed by atoms with E-state index < -0.39 is 0 Å². The molecule has 0 aliphatic heterocycles. The third-order valence-corrected chi connectivity index (χ3v) is 4.27. The molecule has 2 rings (SSSR count). The van der Waals surface area contributed by atoms with Crippen molar-refractivity contribution < 1.29 is 18.9 Å². The molecule has 0 aromatic heterocycles. The highest BCUT2D eigenvalue weighted by molar-refractivity contribution is 9.09. The van der Waals surface area contributed by atoms with Gasteiger partial charge >= 0.3 is 0 Å². The summed E-state index contributed by atoms with van der Waals surface area (Å²) in [6.45, 7) is 3.20. The summed E-state index contributed by atoms with van der Waals surface area (Å²) in [7, 11) is 3.32. The van der Waals surface area contributed by atoms with Crippen LogP contribution >= 0.6 is 15.9 Å². The second-order valence-corrected chi connectivity index (χ2v) is 6.07. The van der Waals surface area contributed by atoms with Crippen LogP contribution in [0.3, 0.4) is 0 Å². The summed E-state index contributed by atoms with van der Waals surface area (Å²) in [5.74, 6) is 1.53. The Hall–Kier alpha value is -0.780. The summed E-state index contributed by atoms with van der Waals surface area (Å²) >= 11 is 3.60. The molecule has 1 aliphatic rings. The zero-order valence-corrected chi connectivity index (χ0v) is 13.7. The second-order valence-electron chi connectivity index (χ2n) is 4.89. The van der Waals surface area contributed by atoms with Gasteiger partial charge in [0.25, 0.3) is 0 Å². The molecule has 0 heterocycles. The normalized spacial score (nSPS) is 25.1. The van der Waals surface area contributed by atoms with Crippen LogP contribution < -0.4 is 9.47 Å². The maximum absolute atomic E-state index is 6.02. The molecule has 1 aromatic carbocycles. The third-order valence-electron chi connectivity index (χ3n) is 3.38. The van der Waals surface area contributed by atoms with Gasteiger partial charge in [0.15, 0.2) is 11.5 Å². The van der Waals surface area contributed by atoms with E-state index in [2.05, 4.69) is 15.9 Å². The number of hydrogen-bond donors (Lipinski definition) is 0. The van der Waals surface area contributed by atoms with Crippen molar-refractivity contribution in [2.45, 2.75) is 30.4 Å². The summed E-state index contributed by atoms with van der Waals surface area (Å²) in [5, 5.41) is 0. The predicted molar refractivity (Wildman–Crippen MR) is 81.1 cm³/mol. The van der Waals surface area contributed by atoms with Gasteiger partial charge in [0, 0.05) is 18.4 Å². The molecule has 0 amide bonds. The molecule has 5 heteroatoms. The summed E-state index contributed by atoms with van der Waals surface area (Å²) < 4.78 is 22.2. The fraction of sp³-hybridized carbons (Fsp3) is 0.600. The maximum atomic E-state index is 6.02. The van der Waals surface area contributed by atoms with Crippen LogP contribution in [0.15, 0.2) is 18.2 Å². The van der Waals surface area contributed by atoms with Crippen molar-refractivity contribution in [3.63, 3.8) is 0 Å². The zero-order chi connectivity index (χ0) is 14.5. The maximum Gasteiger partial charge on any atom is 0.161 e. The van der Waals surface area contributed by atoms with E-state index >= 15 is 0 Å². The van der Waals surface area contributed by atoms with Crippen LogP contribution in [0.5, 0.6) is 11.5 Å². The topological polar surface area (TPSA) is 36.9 Å². The van der Waals surface area contributed by atoms with Crippen LogP contribution in [0.1, 0.15) is 12.0 Å². The van der Waals surface area contributed by atoms with Gasteiger partial charge in [-0.15, -0.1) is 0 Å². The molecule has 20 heavy (non-hydrogen) atoms. The Kier molecular flexibility index (Phi) is 5.69. The standard InChI is InChI=1S/C15H21BrO4/c1-10-4-5-12(13(8-10)18-3)20-14-9-11(16)15(14)19-7-6-17-2/h4-5,8,11,14-15H,6-7,9H2,1-3H3. The van der Waals surface area contributed by atoms with E-state index in [1.165, 1.54) is 0 Å². The summed E-state index contributed by atoms with van der Waals surface area (Å²) in [5.41, 5.74) is 1.15. The first-order valence-corrected chi connectivity index (χ1v) is 7.63. The Morgan fingerprint density at radius 2 is 2.00 bits per heavy atom. The van der Waals surface area contributed by atoms with E-state index in [9.17, 15) is 0 Å². The first-order chi connectivity index (χ1) is 9.65. The number of halogens is 1. The molecule has 0 saturated heterocycles. The minimum atomic E-state index is 0.0489. The predicted octanol–water partition coefficient (Wildman–Crippen LogP) is 2.95. The largest absolute Gasteiger partial charge is 0.493 e. The van der Waals surface area contributed by atoms with Crippen molar-refractivity contribution in [2.75, 3.05) is 27.4 Å². The van der Waals surface area contributed by atoms with Gasteiger partial charge in [0.2, 0.25) is 0 Å². The first kappa shape index (κ1) is 15.6. The lowest BCUT2D eigenvalue weighted by molar-refractivity contribution is -0.0870. The quantitative estimate of drug-likeness (QED) is 0.562. The molecule has 1 aromatic rings. The van der Waals surface area contributed by atoms with Crippen molar-refractivity contribution in [1.82, 2.24) is 0 Å². The number of alkyl halides is 1. The van der Waals surface area contributed by atoms with Crippen LogP contribution in [-0.2, 0) is 9.47 Å². The summed E-state index contributed by atoms with van der Waals surface area (Å²) in [6, 6.07) is 5.94.